The van der Waals surface area contributed by atoms with Gasteiger partial charge in [-0.25, -0.2) is 15.1 Å². The van der Waals surface area contributed by atoms with Crippen molar-refractivity contribution in [2.75, 3.05) is 0 Å². The summed E-state index contributed by atoms with van der Waals surface area (Å²) in [6.07, 6.45) is 1.44. The molecule has 0 aliphatic carbocycles. The number of thiazole rings is 1. The van der Waals surface area contributed by atoms with Crippen LogP contribution in [-0.4, -0.2) is 10.1 Å². The zero-order valence-corrected chi connectivity index (χ0v) is 8.82. The van der Waals surface area contributed by atoms with E-state index >= 15 is 0 Å². The van der Waals surface area contributed by atoms with Crippen LogP contribution >= 0.6 is 11.3 Å². The molecule has 0 saturated carbocycles. The highest BCUT2D eigenvalue weighted by Gasteiger charge is 2.03. The van der Waals surface area contributed by atoms with Crippen molar-refractivity contribution < 1.29 is 5.11 Å². The molecule has 5 heteroatoms. The Morgan fingerprint density at radius 3 is 3.12 bits per heavy atom. The standard InChI is InChI=1S/C11H5N3OS/c1-13-7(6-12)4-11-14-9-3-2-8(15)5-10(9)16-11/h2-5,15H/b7-4-. The number of aromatic hydroxyl groups is 1. The van der Waals surface area contributed by atoms with Gasteiger partial charge in [0.1, 0.15) is 10.8 Å². The molecular weight excluding hydrogens is 222 g/mol. The van der Waals surface area contributed by atoms with Crippen LogP contribution in [0.5, 0.6) is 5.75 Å². The molecule has 0 amide bonds. The zero-order valence-electron chi connectivity index (χ0n) is 8.01. The molecule has 0 unspecified atom stereocenters. The fourth-order valence-electron chi connectivity index (χ4n) is 1.20. The van der Waals surface area contributed by atoms with Crippen LogP contribution in [0.2, 0.25) is 0 Å². The third-order valence-corrected chi connectivity index (χ3v) is 2.85. The molecule has 76 valence electrons. The van der Waals surface area contributed by atoms with Gasteiger partial charge in [-0.1, -0.05) is 0 Å². The number of hydrogen-bond acceptors (Lipinski definition) is 4. The summed E-state index contributed by atoms with van der Waals surface area (Å²) in [5.74, 6) is 0.178. The minimum atomic E-state index is 0.00304. The summed E-state index contributed by atoms with van der Waals surface area (Å²) in [5, 5.41) is 18.5. The van der Waals surface area contributed by atoms with E-state index in [2.05, 4.69) is 9.83 Å². The first-order valence-corrected chi connectivity index (χ1v) is 5.13. The molecule has 0 saturated heterocycles. The lowest BCUT2D eigenvalue weighted by Gasteiger charge is -1.87. The van der Waals surface area contributed by atoms with Gasteiger partial charge in [0.25, 0.3) is 5.70 Å². The Labute approximate surface area is 95.5 Å². The first-order chi connectivity index (χ1) is 7.72. The molecule has 1 aromatic carbocycles. The molecule has 2 aromatic rings. The van der Waals surface area contributed by atoms with E-state index in [1.807, 2.05) is 0 Å². The number of allylic oxidation sites excluding steroid dienone is 1. The normalized spacial score (nSPS) is 11.0. The minimum Gasteiger partial charge on any atom is -0.508 e. The Morgan fingerprint density at radius 2 is 2.44 bits per heavy atom. The van der Waals surface area contributed by atoms with Crippen molar-refractivity contribution in [1.82, 2.24) is 4.98 Å². The van der Waals surface area contributed by atoms with Crippen LogP contribution in [0.15, 0.2) is 23.9 Å². The Balaban J connectivity index is 2.53. The lowest BCUT2D eigenvalue weighted by molar-refractivity contribution is 0.476. The molecule has 0 fully saturated rings. The van der Waals surface area contributed by atoms with E-state index in [1.54, 1.807) is 24.3 Å². The van der Waals surface area contributed by atoms with Gasteiger partial charge in [0.15, 0.2) is 0 Å². The molecule has 4 nitrogen and oxygen atoms in total. The van der Waals surface area contributed by atoms with E-state index in [4.69, 9.17) is 11.8 Å². The highest BCUT2D eigenvalue weighted by Crippen LogP contribution is 2.26. The zero-order chi connectivity index (χ0) is 11.5. The average Bonchev–Trinajstić information content (AvgIpc) is 2.67. The first-order valence-electron chi connectivity index (χ1n) is 4.32. The molecule has 0 radical (unpaired) electrons. The SMILES string of the molecule is [C-]#[N+]/C(C#N)=C\c1nc2ccc(O)cc2s1. The molecular formula is C11H5N3OS. The van der Waals surface area contributed by atoms with Crippen molar-refractivity contribution in [1.29, 1.82) is 5.26 Å². The molecule has 1 N–H and O–H groups in total. The van der Waals surface area contributed by atoms with Crippen molar-refractivity contribution in [3.63, 3.8) is 0 Å². The quantitative estimate of drug-likeness (QED) is 0.602. The number of phenols is 1. The van der Waals surface area contributed by atoms with E-state index in [1.165, 1.54) is 17.4 Å². The Morgan fingerprint density at radius 1 is 1.62 bits per heavy atom. The number of rotatable bonds is 1. The summed E-state index contributed by atoms with van der Waals surface area (Å²) in [5.41, 5.74) is 0.750. The summed E-state index contributed by atoms with van der Waals surface area (Å²) in [6.45, 7) is 6.75. The third-order valence-electron chi connectivity index (χ3n) is 1.88. The maximum absolute atomic E-state index is 9.28. The Hall–Kier alpha value is -2.37. The van der Waals surface area contributed by atoms with E-state index in [0.717, 1.165) is 10.2 Å². The van der Waals surface area contributed by atoms with Crippen molar-refractivity contribution in [3.8, 4) is 11.8 Å². The lowest BCUT2D eigenvalue weighted by Crippen LogP contribution is -1.71. The summed E-state index contributed by atoms with van der Waals surface area (Å²) < 4.78 is 0.827. The van der Waals surface area contributed by atoms with Crippen LogP contribution < -0.4 is 0 Å². The van der Waals surface area contributed by atoms with Gasteiger partial charge in [-0.3, -0.25) is 0 Å². The number of hydrogen-bond donors (Lipinski definition) is 1. The van der Waals surface area contributed by atoms with Crippen molar-refractivity contribution in [2.24, 2.45) is 0 Å². The van der Waals surface area contributed by atoms with Crippen LogP contribution in [0.25, 0.3) is 21.1 Å². The summed E-state index contributed by atoms with van der Waals surface area (Å²) in [4.78, 5) is 7.28. The number of nitriles is 1. The average molecular weight is 227 g/mol. The van der Waals surface area contributed by atoms with Crippen molar-refractivity contribution in [2.45, 2.75) is 0 Å². The highest BCUT2D eigenvalue weighted by molar-refractivity contribution is 7.19. The molecule has 0 aliphatic heterocycles. The van der Waals surface area contributed by atoms with Crippen molar-refractivity contribution in [3.05, 3.63) is 40.3 Å². The van der Waals surface area contributed by atoms with Gasteiger partial charge in [0.2, 0.25) is 0 Å². The summed E-state index contributed by atoms with van der Waals surface area (Å²) >= 11 is 1.33. The summed E-state index contributed by atoms with van der Waals surface area (Å²) in [7, 11) is 0. The minimum absolute atomic E-state index is 0.00304. The summed E-state index contributed by atoms with van der Waals surface area (Å²) in [6, 6.07) is 6.63. The highest BCUT2D eigenvalue weighted by atomic mass is 32.1. The van der Waals surface area contributed by atoms with Gasteiger partial charge in [0, 0.05) is 0 Å². The number of phenolic OH excluding ortho intramolecular Hbond substituents is 1. The Kier molecular flexibility index (Phi) is 2.55. The van der Waals surface area contributed by atoms with Gasteiger partial charge >= 0.3 is 0 Å². The molecule has 16 heavy (non-hydrogen) atoms. The largest absolute Gasteiger partial charge is 0.508 e. The fourth-order valence-corrected chi connectivity index (χ4v) is 2.14. The number of benzene rings is 1. The molecule has 0 atom stereocenters. The van der Waals surface area contributed by atoms with E-state index in [-0.39, 0.29) is 11.4 Å². The predicted octanol–water partition coefficient (Wildman–Crippen LogP) is 2.79. The van der Waals surface area contributed by atoms with Gasteiger partial charge in [-0.2, -0.15) is 0 Å². The van der Waals surface area contributed by atoms with Gasteiger partial charge in [-0.15, -0.1) is 11.3 Å². The fraction of sp³-hybridized carbons (Fsp3) is 0. The van der Waals surface area contributed by atoms with E-state index in [9.17, 15) is 5.11 Å². The molecule has 0 bridgehead atoms. The maximum Gasteiger partial charge on any atom is 0.264 e. The van der Waals surface area contributed by atoms with Gasteiger partial charge < -0.3 is 5.11 Å². The second-order valence-electron chi connectivity index (χ2n) is 2.96. The van der Waals surface area contributed by atoms with Gasteiger partial charge in [-0.05, 0) is 24.3 Å². The lowest BCUT2D eigenvalue weighted by atomic mass is 10.3. The van der Waals surface area contributed by atoms with Crippen LogP contribution in [0.4, 0.5) is 0 Å². The molecule has 1 heterocycles. The van der Waals surface area contributed by atoms with Crippen LogP contribution in [-0.2, 0) is 0 Å². The monoisotopic (exact) mass is 227 g/mol. The number of aromatic nitrogens is 1. The van der Waals surface area contributed by atoms with Crippen LogP contribution in [0, 0.1) is 17.9 Å². The topological polar surface area (TPSA) is 61.3 Å². The third kappa shape index (κ3) is 1.85. The molecule has 0 spiro atoms. The first kappa shape index (κ1) is 10.2. The van der Waals surface area contributed by atoms with E-state index in [0.29, 0.717) is 5.01 Å². The Bertz CT molecular complexity index is 642. The number of fused-ring (bicyclic) bond motifs is 1. The number of nitrogens with zero attached hydrogens (tertiary/aromatic N) is 3. The molecule has 0 aliphatic rings. The van der Waals surface area contributed by atoms with Crippen LogP contribution in [0.3, 0.4) is 0 Å². The van der Waals surface area contributed by atoms with Gasteiger partial charge in [0.05, 0.1) is 22.9 Å². The molecule has 1 aromatic heterocycles. The predicted molar refractivity (Wildman–Crippen MR) is 61.5 cm³/mol. The van der Waals surface area contributed by atoms with Crippen molar-refractivity contribution >= 4 is 27.6 Å². The molecule has 2 rings (SSSR count). The maximum atomic E-state index is 9.28. The van der Waals surface area contributed by atoms with E-state index < -0.39 is 0 Å². The van der Waals surface area contributed by atoms with Crippen LogP contribution in [0.1, 0.15) is 5.01 Å². The second kappa shape index (κ2) is 4.01. The smallest absolute Gasteiger partial charge is 0.264 e. The second-order valence-corrected chi connectivity index (χ2v) is 4.02.